The molecule has 2 aromatic carbocycles. The van der Waals surface area contributed by atoms with Crippen LogP contribution < -0.4 is 9.47 Å². The normalized spacial score (nSPS) is 12.1. The van der Waals surface area contributed by atoms with Crippen LogP contribution in [0.3, 0.4) is 0 Å². The molecule has 2 aromatic rings. The molecule has 1 atom stereocenters. The molecule has 0 fully saturated rings. The van der Waals surface area contributed by atoms with Crippen molar-refractivity contribution in [1.82, 2.24) is 0 Å². The van der Waals surface area contributed by atoms with Gasteiger partial charge in [0.25, 0.3) is 0 Å². The van der Waals surface area contributed by atoms with Crippen LogP contribution in [0.1, 0.15) is 21.5 Å². The number of halogens is 3. The predicted molar refractivity (Wildman–Crippen MR) is 81.4 cm³/mol. The number of aryl methyl sites for hydroxylation is 1. The van der Waals surface area contributed by atoms with E-state index in [0.717, 1.165) is 6.07 Å². The molecule has 0 aliphatic rings. The first kappa shape index (κ1) is 15.8. The van der Waals surface area contributed by atoms with Crippen LogP contribution in [-0.2, 0) is 0 Å². The molecule has 0 aromatic heterocycles. The molecule has 1 unspecified atom stereocenters. The standard InChI is InChI=1S/C16H15BrF2O2/c1-9-7-10(12(19)8-11(9)18)16(17)15-13(20-2)5-4-6-14(15)21-3/h4-8,16H,1-3H3. The van der Waals surface area contributed by atoms with E-state index in [1.165, 1.54) is 20.3 Å². The molecule has 2 nitrogen and oxygen atoms in total. The first-order valence-electron chi connectivity index (χ1n) is 6.30. The molecule has 0 aliphatic carbocycles. The minimum absolute atomic E-state index is 0.330. The van der Waals surface area contributed by atoms with Gasteiger partial charge in [-0.05, 0) is 30.7 Å². The molecular formula is C16H15BrF2O2. The lowest BCUT2D eigenvalue weighted by molar-refractivity contribution is 0.386. The summed E-state index contributed by atoms with van der Waals surface area (Å²) < 4.78 is 38.1. The smallest absolute Gasteiger partial charge is 0.130 e. The van der Waals surface area contributed by atoms with Crippen LogP contribution in [0.15, 0.2) is 30.3 Å². The zero-order valence-corrected chi connectivity index (χ0v) is 13.5. The van der Waals surface area contributed by atoms with Gasteiger partial charge in [0.05, 0.1) is 24.6 Å². The van der Waals surface area contributed by atoms with Crippen LogP contribution >= 0.6 is 15.9 Å². The number of ether oxygens (including phenoxy) is 2. The minimum atomic E-state index is -0.618. The van der Waals surface area contributed by atoms with E-state index >= 15 is 0 Å². The van der Waals surface area contributed by atoms with Crippen molar-refractivity contribution in [3.8, 4) is 11.5 Å². The summed E-state index contributed by atoms with van der Waals surface area (Å²) in [6, 6.07) is 7.69. The largest absolute Gasteiger partial charge is 0.496 e. The Bertz CT molecular complexity index is 637. The maximum Gasteiger partial charge on any atom is 0.130 e. The second-order valence-corrected chi connectivity index (χ2v) is 5.48. The van der Waals surface area contributed by atoms with Crippen LogP contribution in [-0.4, -0.2) is 14.2 Å². The maximum atomic E-state index is 14.1. The van der Waals surface area contributed by atoms with Crippen molar-refractivity contribution in [2.45, 2.75) is 11.8 Å². The second-order valence-electron chi connectivity index (χ2n) is 4.56. The van der Waals surface area contributed by atoms with Gasteiger partial charge in [-0.25, -0.2) is 8.78 Å². The topological polar surface area (TPSA) is 18.5 Å². The van der Waals surface area contributed by atoms with Gasteiger partial charge in [-0.2, -0.15) is 0 Å². The van der Waals surface area contributed by atoms with Crippen LogP contribution in [0.4, 0.5) is 8.78 Å². The highest BCUT2D eigenvalue weighted by atomic mass is 79.9. The fraction of sp³-hybridized carbons (Fsp3) is 0.250. The Morgan fingerprint density at radius 3 is 2.10 bits per heavy atom. The van der Waals surface area contributed by atoms with Crippen LogP contribution in [0.2, 0.25) is 0 Å². The Labute approximate surface area is 130 Å². The van der Waals surface area contributed by atoms with Gasteiger partial charge in [-0.3, -0.25) is 0 Å². The Hall–Kier alpha value is -1.62. The SMILES string of the molecule is COc1cccc(OC)c1C(Br)c1cc(C)c(F)cc1F. The van der Waals surface area contributed by atoms with Crippen molar-refractivity contribution in [1.29, 1.82) is 0 Å². The lowest BCUT2D eigenvalue weighted by Gasteiger charge is -2.19. The molecule has 2 rings (SSSR count). The van der Waals surface area contributed by atoms with Gasteiger partial charge < -0.3 is 9.47 Å². The van der Waals surface area contributed by atoms with Crippen LogP contribution in [0, 0.1) is 18.6 Å². The lowest BCUT2D eigenvalue weighted by Crippen LogP contribution is -2.03. The van der Waals surface area contributed by atoms with Crippen LogP contribution in [0.25, 0.3) is 0 Å². The summed E-state index contributed by atoms with van der Waals surface area (Å²) in [5, 5.41) is 0. The molecule has 0 heterocycles. The van der Waals surface area contributed by atoms with Gasteiger partial charge in [0, 0.05) is 11.6 Å². The number of rotatable bonds is 4. The fourth-order valence-corrected chi connectivity index (χ4v) is 2.96. The summed E-state index contributed by atoms with van der Waals surface area (Å²) in [5.41, 5.74) is 1.37. The molecule has 112 valence electrons. The molecule has 5 heteroatoms. The van der Waals surface area contributed by atoms with Gasteiger partial charge in [0.2, 0.25) is 0 Å². The van der Waals surface area contributed by atoms with E-state index in [9.17, 15) is 8.78 Å². The Morgan fingerprint density at radius 2 is 1.57 bits per heavy atom. The first-order chi connectivity index (χ1) is 9.99. The zero-order chi connectivity index (χ0) is 15.6. The molecule has 0 radical (unpaired) electrons. The van der Waals surface area contributed by atoms with Gasteiger partial charge in [0.15, 0.2) is 0 Å². The Balaban J connectivity index is 2.59. The summed E-state index contributed by atoms with van der Waals surface area (Å²) in [6.07, 6.45) is 0. The van der Waals surface area contributed by atoms with Gasteiger partial charge >= 0.3 is 0 Å². The quantitative estimate of drug-likeness (QED) is 0.734. The van der Waals surface area contributed by atoms with Crippen molar-refractivity contribution < 1.29 is 18.3 Å². The summed E-state index contributed by atoms with van der Waals surface area (Å²) >= 11 is 3.46. The van der Waals surface area contributed by atoms with Crippen LogP contribution in [0.5, 0.6) is 11.5 Å². The average Bonchev–Trinajstić information content (AvgIpc) is 2.49. The van der Waals surface area contributed by atoms with Crippen molar-refractivity contribution in [2.75, 3.05) is 14.2 Å². The maximum absolute atomic E-state index is 14.1. The van der Waals surface area contributed by atoms with E-state index in [4.69, 9.17) is 9.47 Å². The molecule has 0 bridgehead atoms. The molecule has 0 amide bonds. The molecule has 21 heavy (non-hydrogen) atoms. The highest BCUT2D eigenvalue weighted by molar-refractivity contribution is 9.09. The fourth-order valence-electron chi connectivity index (χ4n) is 2.16. The third-order valence-electron chi connectivity index (χ3n) is 3.27. The molecular weight excluding hydrogens is 342 g/mol. The first-order valence-corrected chi connectivity index (χ1v) is 7.21. The van der Waals surface area contributed by atoms with E-state index in [2.05, 4.69) is 15.9 Å². The third kappa shape index (κ3) is 3.02. The second kappa shape index (κ2) is 6.43. The number of benzene rings is 2. The van der Waals surface area contributed by atoms with Crippen molar-refractivity contribution in [2.24, 2.45) is 0 Å². The van der Waals surface area contributed by atoms with Gasteiger partial charge in [0.1, 0.15) is 23.1 Å². The molecule has 0 saturated carbocycles. The van der Waals surface area contributed by atoms with Gasteiger partial charge in [-0.1, -0.05) is 22.0 Å². The van der Waals surface area contributed by atoms with Crippen molar-refractivity contribution in [3.05, 3.63) is 58.7 Å². The highest BCUT2D eigenvalue weighted by Gasteiger charge is 2.23. The summed E-state index contributed by atoms with van der Waals surface area (Å²) in [4.78, 5) is -0.511. The van der Waals surface area contributed by atoms with E-state index in [0.29, 0.717) is 28.2 Å². The van der Waals surface area contributed by atoms with E-state index in [1.807, 2.05) is 0 Å². The molecule has 0 spiro atoms. The number of hydrogen-bond donors (Lipinski definition) is 0. The summed E-state index contributed by atoms with van der Waals surface area (Å²) in [5.74, 6) is -0.0499. The molecule has 0 saturated heterocycles. The Morgan fingerprint density at radius 1 is 1.00 bits per heavy atom. The van der Waals surface area contributed by atoms with E-state index in [1.54, 1.807) is 25.1 Å². The van der Waals surface area contributed by atoms with Crippen molar-refractivity contribution >= 4 is 15.9 Å². The number of methoxy groups -OCH3 is 2. The minimum Gasteiger partial charge on any atom is -0.496 e. The van der Waals surface area contributed by atoms with E-state index in [-0.39, 0.29) is 0 Å². The summed E-state index contributed by atoms with van der Waals surface area (Å²) in [7, 11) is 3.06. The lowest BCUT2D eigenvalue weighted by atomic mass is 10.0. The summed E-state index contributed by atoms with van der Waals surface area (Å²) in [6.45, 7) is 1.59. The molecule has 0 aliphatic heterocycles. The Kier molecular flexibility index (Phi) is 4.83. The van der Waals surface area contributed by atoms with Crippen molar-refractivity contribution in [3.63, 3.8) is 0 Å². The average molecular weight is 357 g/mol. The predicted octanol–water partition coefficient (Wildman–Crippen LogP) is 4.77. The number of hydrogen-bond acceptors (Lipinski definition) is 2. The number of alkyl halides is 1. The van der Waals surface area contributed by atoms with E-state index < -0.39 is 16.5 Å². The monoisotopic (exact) mass is 356 g/mol. The highest BCUT2D eigenvalue weighted by Crippen LogP contribution is 2.43. The van der Waals surface area contributed by atoms with Gasteiger partial charge in [-0.15, -0.1) is 0 Å². The zero-order valence-electron chi connectivity index (χ0n) is 11.9. The third-order valence-corrected chi connectivity index (χ3v) is 4.22. The molecule has 0 N–H and O–H groups in total.